The average Bonchev–Trinajstić information content (AvgIpc) is 3.07. The van der Waals surface area contributed by atoms with Crippen LogP contribution < -0.4 is 16.0 Å². The molecule has 0 saturated carbocycles. The average molecular weight is 651 g/mol. The van der Waals surface area contributed by atoms with Crippen LogP contribution in [0.3, 0.4) is 0 Å². The Labute approximate surface area is 283 Å². The number of nitrogens with zero attached hydrogens (tertiary/aromatic N) is 1. The molecule has 0 spiro atoms. The highest BCUT2D eigenvalue weighted by Crippen LogP contribution is 2.22. The van der Waals surface area contributed by atoms with Gasteiger partial charge in [0.25, 0.3) is 5.91 Å². The molecule has 0 unspecified atom stereocenters. The van der Waals surface area contributed by atoms with Crippen molar-refractivity contribution in [2.24, 2.45) is 5.41 Å². The second-order valence-electron chi connectivity index (χ2n) is 13.1. The number of hydrogen-bond acceptors (Lipinski definition) is 6. The minimum atomic E-state index is -1.03. The standard InChI is InChI=1S/C39H46N4O5/c1-26-13-9-10-16-31(26)36(45)42-33(24-27-14-7-6-8-15-27)34(44)25-30(41-37(46)35(39(2,3)4)43-38(47)48-5)23-28-18-20-29(21-19-28)32-17-11-12-22-40-32/h6-22,30,33-35,44H,23-25H2,1-5H3,(H,41,46)(H,42,45)(H,43,47)/t30-,33+,34+,35-/m1/s1. The van der Waals surface area contributed by atoms with Crippen molar-refractivity contribution >= 4 is 17.9 Å². The molecule has 252 valence electrons. The van der Waals surface area contributed by atoms with Gasteiger partial charge in [0.1, 0.15) is 6.04 Å². The number of ether oxygens (including phenoxy) is 1. The molecule has 48 heavy (non-hydrogen) atoms. The van der Waals surface area contributed by atoms with Gasteiger partial charge in [-0.25, -0.2) is 4.79 Å². The van der Waals surface area contributed by atoms with E-state index >= 15 is 0 Å². The van der Waals surface area contributed by atoms with Crippen molar-refractivity contribution in [3.8, 4) is 11.3 Å². The third-order valence-electron chi connectivity index (χ3n) is 8.31. The van der Waals surface area contributed by atoms with Crippen LogP contribution in [0.25, 0.3) is 11.3 Å². The molecular formula is C39H46N4O5. The van der Waals surface area contributed by atoms with Crippen molar-refractivity contribution in [1.29, 1.82) is 0 Å². The van der Waals surface area contributed by atoms with Crippen molar-refractivity contribution in [1.82, 2.24) is 20.9 Å². The Morgan fingerprint density at radius 3 is 2.06 bits per heavy atom. The van der Waals surface area contributed by atoms with E-state index in [1.54, 1.807) is 12.3 Å². The van der Waals surface area contributed by atoms with Gasteiger partial charge in [0.05, 0.1) is 24.9 Å². The number of methoxy groups -OCH3 is 1. The lowest BCUT2D eigenvalue weighted by atomic mass is 9.85. The molecule has 3 aromatic carbocycles. The zero-order valence-electron chi connectivity index (χ0n) is 28.3. The number of rotatable bonds is 13. The Balaban J connectivity index is 1.62. The summed E-state index contributed by atoms with van der Waals surface area (Å²) in [6.45, 7) is 7.43. The van der Waals surface area contributed by atoms with Crippen LogP contribution in [-0.2, 0) is 22.4 Å². The van der Waals surface area contributed by atoms with Gasteiger partial charge in [0.2, 0.25) is 5.91 Å². The van der Waals surface area contributed by atoms with E-state index in [9.17, 15) is 19.5 Å². The molecule has 0 aliphatic carbocycles. The summed E-state index contributed by atoms with van der Waals surface area (Å²) in [5, 5.41) is 20.6. The van der Waals surface area contributed by atoms with Crippen LogP contribution in [0.4, 0.5) is 4.79 Å². The summed E-state index contributed by atoms with van der Waals surface area (Å²) in [6, 6.07) is 28.5. The zero-order valence-corrected chi connectivity index (χ0v) is 28.3. The third-order valence-corrected chi connectivity index (χ3v) is 8.31. The molecule has 9 nitrogen and oxygen atoms in total. The largest absolute Gasteiger partial charge is 0.453 e. The summed E-state index contributed by atoms with van der Waals surface area (Å²) in [6.07, 6.45) is 0.909. The van der Waals surface area contributed by atoms with Gasteiger partial charge < -0.3 is 25.8 Å². The number of aryl methyl sites for hydroxylation is 1. The van der Waals surface area contributed by atoms with Crippen LogP contribution in [0, 0.1) is 12.3 Å². The van der Waals surface area contributed by atoms with Crippen LogP contribution in [0.15, 0.2) is 103 Å². The summed E-state index contributed by atoms with van der Waals surface area (Å²) in [4.78, 5) is 43.8. The fraction of sp³-hybridized carbons (Fsp3) is 0.333. The van der Waals surface area contributed by atoms with Crippen molar-refractivity contribution in [2.75, 3.05) is 7.11 Å². The summed E-state index contributed by atoms with van der Waals surface area (Å²) >= 11 is 0. The molecule has 0 saturated heterocycles. The summed E-state index contributed by atoms with van der Waals surface area (Å²) < 4.78 is 4.79. The Kier molecular flexibility index (Phi) is 12.5. The maximum Gasteiger partial charge on any atom is 0.407 e. The van der Waals surface area contributed by atoms with E-state index in [0.717, 1.165) is 27.9 Å². The van der Waals surface area contributed by atoms with Crippen LogP contribution in [0.5, 0.6) is 0 Å². The molecule has 4 atom stereocenters. The molecule has 0 aliphatic rings. The minimum absolute atomic E-state index is 0.133. The Morgan fingerprint density at radius 1 is 0.792 bits per heavy atom. The summed E-state index contributed by atoms with van der Waals surface area (Å²) in [7, 11) is 1.25. The van der Waals surface area contributed by atoms with Crippen LogP contribution in [-0.4, -0.2) is 59.3 Å². The first-order valence-electron chi connectivity index (χ1n) is 16.2. The molecular weight excluding hydrogens is 604 g/mol. The fourth-order valence-corrected chi connectivity index (χ4v) is 5.64. The van der Waals surface area contributed by atoms with E-state index in [0.29, 0.717) is 18.4 Å². The predicted molar refractivity (Wildman–Crippen MR) is 187 cm³/mol. The van der Waals surface area contributed by atoms with E-state index < -0.39 is 41.6 Å². The van der Waals surface area contributed by atoms with Gasteiger partial charge in [0, 0.05) is 23.4 Å². The van der Waals surface area contributed by atoms with Gasteiger partial charge in [-0.1, -0.05) is 99.6 Å². The Morgan fingerprint density at radius 2 is 1.44 bits per heavy atom. The number of alkyl carbamates (subject to hydrolysis) is 1. The van der Waals surface area contributed by atoms with E-state index in [-0.39, 0.29) is 12.3 Å². The van der Waals surface area contributed by atoms with E-state index in [1.807, 2.05) is 119 Å². The van der Waals surface area contributed by atoms with Crippen LogP contribution in [0.1, 0.15) is 54.2 Å². The molecule has 0 bridgehead atoms. The highest BCUT2D eigenvalue weighted by molar-refractivity contribution is 5.95. The van der Waals surface area contributed by atoms with Crippen molar-refractivity contribution < 1.29 is 24.2 Å². The number of benzene rings is 3. The van der Waals surface area contributed by atoms with Crippen molar-refractivity contribution in [2.45, 2.75) is 71.2 Å². The number of pyridine rings is 1. The molecule has 9 heteroatoms. The molecule has 0 radical (unpaired) electrons. The second-order valence-corrected chi connectivity index (χ2v) is 13.1. The number of hydrogen-bond donors (Lipinski definition) is 4. The number of aliphatic hydroxyl groups is 1. The van der Waals surface area contributed by atoms with E-state index in [2.05, 4.69) is 20.9 Å². The van der Waals surface area contributed by atoms with Gasteiger partial charge >= 0.3 is 6.09 Å². The molecule has 1 heterocycles. The normalized spacial score (nSPS) is 13.8. The Bertz CT molecular complexity index is 1640. The van der Waals surface area contributed by atoms with Gasteiger partial charge in [-0.15, -0.1) is 0 Å². The number of amides is 3. The lowest BCUT2D eigenvalue weighted by molar-refractivity contribution is -0.126. The SMILES string of the molecule is COC(=O)N[C@H](C(=O)N[C@H](Cc1ccc(-c2ccccn2)cc1)C[C@H](O)[C@H](Cc1ccccc1)NC(=O)c1ccccc1C)C(C)(C)C. The Hall–Kier alpha value is -5.02. The van der Waals surface area contributed by atoms with Gasteiger partial charge in [-0.3, -0.25) is 14.6 Å². The van der Waals surface area contributed by atoms with E-state index in [1.165, 1.54) is 7.11 Å². The zero-order chi connectivity index (χ0) is 34.7. The molecule has 0 aliphatic heterocycles. The van der Waals surface area contributed by atoms with E-state index in [4.69, 9.17) is 4.74 Å². The first-order chi connectivity index (χ1) is 22.9. The fourth-order valence-electron chi connectivity index (χ4n) is 5.64. The van der Waals surface area contributed by atoms with Crippen LogP contribution in [0.2, 0.25) is 0 Å². The molecule has 0 fully saturated rings. The highest BCUT2D eigenvalue weighted by Gasteiger charge is 2.35. The molecule has 4 rings (SSSR count). The monoisotopic (exact) mass is 650 g/mol. The minimum Gasteiger partial charge on any atom is -0.453 e. The van der Waals surface area contributed by atoms with Crippen LogP contribution >= 0.6 is 0 Å². The second kappa shape index (κ2) is 16.7. The number of nitrogens with one attached hydrogen (secondary N) is 3. The summed E-state index contributed by atoms with van der Waals surface area (Å²) in [5.74, 6) is -0.687. The molecule has 4 aromatic rings. The quantitative estimate of drug-likeness (QED) is 0.148. The first kappa shape index (κ1) is 35.8. The van der Waals surface area contributed by atoms with Gasteiger partial charge in [-0.05, 0) is 66.5 Å². The number of aromatic nitrogens is 1. The first-order valence-corrected chi connectivity index (χ1v) is 16.2. The number of aliphatic hydroxyl groups excluding tert-OH is 1. The highest BCUT2D eigenvalue weighted by atomic mass is 16.5. The summed E-state index contributed by atoms with van der Waals surface area (Å²) in [5.41, 5.74) is 4.41. The maximum atomic E-state index is 13.8. The van der Waals surface area contributed by atoms with Crippen molar-refractivity contribution in [3.63, 3.8) is 0 Å². The predicted octanol–water partition coefficient (Wildman–Crippen LogP) is 5.65. The van der Waals surface area contributed by atoms with Gasteiger partial charge in [-0.2, -0.15) is 0 Å². The molecule has 3 amide bonds. The van der Waals surface area contributed by atoms with Crippen molar-refractivity contribution in [3.05, 3.63) is 126 Å². The number of carbonyl (C=O) groups excluding carboxylic acids is 3. The number of carbonyl (C=O) groups is 3. The lowest BCUT2D eigenvalue weighted by Gasteiger charge is -2.33. The topological polar surface area (TPSA) is 130 Å². The smallest absolute Gasteiger partial charge is 0.407 e. The molecule has 1 aromatic heterocycles. The van der Waals surface area contributed by atoms with Gasteiger partial charge in [0.15, 0.2) is 0 Å². The molecule has 4 N–H and O–H groups in total. The lowest BCUT2D eigenvalue weighted by Crippen LogP contribution is -2.56. The third kappa shape index (κ3) is 10.2. The maximum absolute atomic E-state index is 13.8.